The van der Waals surface area contributed by atoms with Gasteiger partial charge < -0.3 is 4.74 Å². The van der Waals surface area contributed by atoms with E-state index in [1.54, 1.807) is 18.3 Å². The van der Waals surface area contributed by atoms with Crippen LogP contribution in [0.1, 0.15) is 19.4 Å². The molecule has 0 amide bonds. The van der Waals surface area contributed by atoms with Crippen molar-refractivity contribution in [1.82, 2.24) is 9.78 Å². The fourth-order valence-corrected chi connectivity index (χ4v) is 2.55. The first kappa shape index (κ1) is 18.7. The summed E-state index contributed by atoms with van der Waals surface area (Å²) in [5.41, 5.74) is 4.11. The number of halogens is 1. The molecule has 138 valence electrons. The number of para-hydroxylation sites is 2. The van der Waals surface area contributed by atoms with E-state index >= 15 is 0 Å². The monoisotopic (exact) mass is 382 g/mol. The third-order valence-corrected chi connectivity index (χ3v) is 3.96. The Labute approximate surface area is 162 Å². The summed E-state index contributed by atoms with van der Waals surface area (Å²) in [7, 11) is 0. The molecule has 6 nitrogen and oxygen atoms in total. The molecule has 0 radical (unpaired) electrons. The van der Waals surface area contributed by atoms with Crippen LogP contribution in [0.4, 0.5) is 5.69 Å². The van der Waals surface area contributed by atoms with Crippen LogP contribution in [0.2, 0.25) is 5.02 Å². The second-order valence-corrected chi connectivity index (χ2v) is 6.38. The van der Waals surface area contributed by atoms with E-state index in [4.69, 9.17) is 16.3 Å². The number of anilines is 1. The third kappa shape index (κ3) is 4.54. The first-order valence-electron chi connectivity index (χ1n) is 8.44. The van der Waals surface area contributed by atoms with Crippen molar-refractivity contribution in [3.8, 4) is 11.4 Å². The zero-order valence-electron chi connectivity index (χ0n) is 15.0. The van der Waals surface area contributed by atoms with Crippen LogP contribution in [0.3, 0.4) is 0 Å². The highest BCUT2D eigenvalue weighted by atomic mass is 35.5. The number of hydrazone groups is 1. The topological polar surface area (TPSA) is 68.5 Å². The maximum absolute atomic E-state index is 12.5. The predicted octanol–water partition coefficient (Wildman–Crippen LogP) is 4.12. The molecule has 0 aliphatic heterocycles. The van der Waals surface area contributed by atoms with Crippen LogP contribution in [0.25, 0.3) is 5.69 Å². The van der Waals surface area contributed by atoms with Gasteiger partial charge in [-0.15, -0.1) is 0 Å². The van der Waals surface area contributed by atoms with Crippen LogP contribution in [-0.4, -0.2) is 22.1 Å². The Balaban J connectivity index is 1.81. The van der Waals surface area contributed by atoms with Crippen molar-refractivity contribution in [1.29, 1.82) is 0 Å². The van der Waals surface area contributed by atoms with E-state index in [0.29, 0.717) is 11.4 Å². The van der Waals surface area contributed by atoms with Gasteiger partial charge in [0.15, 0.2) is 0 Å². The minimum Gasteiger partial charge on any atom is -0.490 e. The molecular formula is C20H19ClN4O2. The summed E-state index contributed by atoms with van der Waals surface area (Å²) in [6.07, 6.45) is 3.12. The summed E-state index contributed by atoms with van der Waals surface area (Å²) in [5.74, 6) is 0.724. The summed E-state index contributed by atoms with van der Waals surface area (Å²) >= 11 is 6.20. The van der Waals surface area contributed by atoms with E-state index in [2.05, 4.69) is 15.6 Å². The first-order valence-corrected chi connectivity index (χ1v) is 8.82. The normalized spacial score (nSPS) is 11.1. The van der Waals surface area contributed by atoms with E-state index in [1.807, 2.05) is 56.3 Å². The molecule has 7 heteroatoms. The summed E-state index contributed by atoms with van der Waals surface area (Å²) in [6, 6.07) is 16.6. The highest BCUT2D eigenvalue weighted by molar-refractivity contribution is 6.32. The lowest BCUT2D eigenvalue weighted by Crippen LogP contribution is -2.22. The van der Waals surface area contributed by atoms with Gasteiger partial charge in [-0.1, -0.05) is 41.9 Å². The van der Waals surface area contributed by atoms with E-state index in [0.717, 1.165) is 11.3 Å². The number of nitrogens with zero attached hydrogens (tertiary/aromatic N) is 3. The lowest BCUT2D eigenvalue weighted by molar-refractivity contribution is 0.242. The Morgan fingerprint density at radius 2 is 1.85 bits per heavy atom. The Morgan fingerprint density at radius 1 is 1.15 bits per heavy atom. The second kappa shape index (κ2) is 8.51. The van der Waals surface area contributed by atoms with Gasteiger partial charge in [0, 0.05) is 5.56 Å². The standard InChI is InChI=1S/C20H19ClN4O2/c1-14(2)27-18-11-7-6-8-15(18)12-22-24-17-13-23-25(20(26)19(17)21)16-9-4-3-5-10-16/h3-14,24H,1-2H3/b22-12+. The fraction of sp³-hybridized carbons (Fsp3) is 0.150. The molecule has 3 rings (SSSR count). The van der Waals surface area contributed by atoms with Gasteiger partial charge in [-0.25, -0.2) is 0 Å². The van der Waals surface area contributed by atoms with Crippen LogP contribution in [0.15, 0.2) is 70.7 Å². The molecule has 27 heavy (non-hydrogen) atoms. The van der Waals surface area contributed by atoms with Crippen LogP contribution >= 0.6 is 11.6 Å². The van der Waals surface area contributed by atoms with Gasteiger partial charge >= 0.3 is 0 Å². The largest absolute Gasteiger partial charge is 0.490 e. The van der Waals surface area contributed by atoms with Crippen molar-refractivity contribution >= 4 is 23.5 Å². The number of benzene rings is 2. The van der Waals surface area contributed by atoms with E-state index < -0.39 is 5.56 Å². The maximum Gasteiger partial charge on any atom is 0.292 e. The van der Waals surface area contributed by atoms with Crippen LogP contribution in [-0.2, 0) is 0 Å². The molecule has 0 aliphatic carbocycles. The van der Waals surface area contributed by atoms with Crippen LogP contribution < -0.4 is 15.7 Å². The van der Waals surface area contributed by atoms with Gasteiger partial charge in [0.05, 0.1) is 24.2 Å². The molecule has 1 aromatic heterocycles. The summed E-state index contributed by atoms with van der Waals surface area (Å²) in [5, 5.41) is 8.32. The van der Waals surface area contributed by atoms with Gasteiger partial charge in [0.1, 0.15) is 16.5 Å². The third-order valence-electron chi connectivity index (χ3n) is 3.59. The molecule has 0 aliphatic rings. The van der Waals surface area contributed by atoms with Crippen molar-refractivity contribution in [2.45, 2.75) is 20.0 Å². The Morgan fingerprint density at radius 3 is 2.59 bits per heavy atom. The van der Waals surface area contributed by atoms with Crippen molar-refractivity contribution in [3.63, 3.8) is 0 Å². The molecule has 2 aromatic carbocycles. The SMILES string of the molecule is CC(C)Oc1ccccc1/C=N/Nc1cnn(-c2ccccc2)c(=O)c1Cl. The fourth-order valence-electron chi connectivity index (χ4n) is 2.38. The van der Waals surface area contributed by atoms with Gasteiger partial charge in [0.2, 0.25) is 0 Å². The van der Waals surface area contributed by atoms with Crippen LogP contribution in [0, 0.1) is 0 Å². The Kier molecular flexibility index (Phi) is 5.88. The van der Waals surface area contributed by atoms with Crippen LogP contribution in [0.5, 0.6) is 5.75 Å². The number of ether oxygens (including phenoxy) is 1. The van der Waals surface area contributed by atoms with E-state index in [-0.39, 0.29) is 11.1 Å². The smallest absolute Gasteiger partial charge is 0.292 e. The second-order valence-electron chi connectivity index (χ2n) is 6.00. The molecular weight excluding hydrogens is 364 g/mol. The van der Waals surface area contributed by atoms with Crippen molar-refractivity contribution in [2.24, 2.45) is 5.10 Å². The molecule has 0 atom stereocenters. The van der Waals surface area contributed by atoms with Gasteiger partial charge in [0.25, 0.3) is 5.56 Å². The zero-order valence-corrected chi connectivity index (χ0v) is 15.7. The van der Waals surface area contributed by atoms with Crippen molar-refractivity contribution in [3.05, 3.63) is 81.7 Å². The molecule has 0 fully saturated rings. The molecule has 0 saturated carbocycles. The maximum atomic E-state index is 12.5. The number of rotatable bonds is 6. The summed E-state index contributed by atoms with van der Waals surface area (Å²) in [4.78, 5) is 12.5. The summed E-state index contributed by atoms with van der Waals surface area (Å²) < 4.78 is 6.98. The van der Waals surface area contributed by atoms with E-state index in [1.165, 1.54) is 10.9 Å². The Bertz CT molecular complexity index is 1000. The number of aromatic nitrogens is 2. The highest BCUT2D eigenvalue weighted by Crippen LogP contribution is 2.19. The molecule has 3 aromatic rings. The minimum absolute atomic E-state index is 0.0118. The Hall–Kier alpha value is -3.12. The lowest BCUT2D eigenvalue weighted by Gasteiger charge is -2.11. The average Bonchev–Trinajstić information content (AvgIpc) is 2.67. The van der Waals surface area contributed by atoms with Gasteiger partial charge in [-0.2, -0.15) is 14.9 Å². The molecule has 0 saturated heterocycles. The van der Waals surface area contributed by atoms with Crippen molar-refractivity contribution in [2.75, 3.05) is 5.43 Å². The number of nitrogens with one attached hydrogen (secondary N) is 1. The van der Waals surface area contributed by atoms with E-state index in [9.17, 15) is 4.79 Å². The predicted molar refractivity (Wildman–Crippen MR) is 108 cm³/mol. The quantitative estimate of drug-likeness (QED) is 0.514. The number of hydrogen-bond donors (Lipinski definition) is 1. The molecule has 0 unspecified atom stereocenters. The minimum atomic E-state index is -0.424. The molecule has 0 bridgehead atoms. The highest BCUT2D eigenvalue weighted by Gasteiger charge is 2.10. The lowest BCUT2D eigenvalue weighted by atomic mass is 10.2. The summed E-state index contributed by atoms with van der Waals surface area (Å²) in [6.45, 7) is 3.92. The number of hydrogen-bond acceptors (Lipinski definition) is 5. The molecule has 0 spiro atoms. The van der Waals surface area contributed by atoms with Crippen molar-refractivity contribution < 1.29 is 4.74 Å². The molecule has 1 heterocycles. The van der Waals surface area contributed by atoms with Gasteiger partial charge in [-0.3, -0.25) is 10.2 Å². The van der Waals surface area contributed by atoms with Gasteiger partial charge in [-0.05, 0) is 38.1 Å². The zero-order chi connectivity index (χ0) is 19.2. The average molecular weight is 383 g/mol. The first-order chi connectivity index (χ1) is 13.1. The molecule has 1 N–H and O–H groups in total.